The van der Waals surface area contributed by atoms with Gasteiger partial charge in [0.15, 0.2) is 0 Å². The van der Waals surface area contributed by atoms with E-state index in [0.717, 1.165) is 25.1 Å². The number of hydrogen-bond donors (Lipinski definition) is 1. The summed E-state index contributed by atoms with van der Waals surface area (Å²) >= 11 is 5.91. The van der Waals surface area contributed by atoms with Gasteiger partial charge in [0.05, 0.1) is 5.56 Å². The molecule has 96 valence electrons. The second-order valence-electron chi connectivity index (χ2n) is 3.65. The van der Waals surface area contributed by atoms with Crippen molar-refractivity contribution < 1.29 is 13.2 Å². The minimum absolute atomic E-state index is 0.0805. The molecule has 0 fully saturated rings. The molecule has 0 saturated carbocycles. The Morgan fingerprint density at radius 2 is 2.12 bits per heavy atom. The fourth-order valence-corrected chi connectivity index (χ4v) is 1.34. The number of hydrogen-bond acceptors (Lipinski definition) is 2. The van der Waals surface area contributed by atoms with Gasteiger partial charge in [-0.15, -0.1) is 11.6 Å². The van der Waals surface area contributed by atoms with E-state index in [9.17, 15) is 13.2 Å². The highest BCUT2D eigenvalue weighted by molar-refractivity contribution is 6.20. The number of halogens is 4. The van der Waals surface area contributed by atoms with E-state index in [1.54, 1.807) is 0 Å². The van der Waals surface area contributed by atoms with Gasteiger partial charge in [-0.3, -0.25) is 0 Å². The van der Waals surface area contributed by atoms with E-state index < -0.39 is 11.7 Å². The van der Waals surface area contributed by atoms with Gasteiger partial charge in [-0.05, 0) is 25.0 Å². The zero-order valence-electron chi connectivity index (χ0n) is 9.39. The molecule has 0 spiro atoms. The SMILES string of the molecule is CCC(Cl)CCNc1ccc(C(F)(F)F)cn1. The molecule has 1 rings (SSSR count). The quantitative estimate of drug-likeness (QED) is 0.817. The molecule has 1 aromatic heterocycles. The molecular weight excluding hydrogens is 253 g/mol. The van der Waals surface area contributed by atoms with Crippen LogP contribution in [0.3, 0.4) is 0 Å². The second kappa shape index (κ2) is 6.10. The molecule has 0 radical (unpaired) electrons. The Kier molecular flexibility index (Phi) is 5.05. The van der Waals surface area contributed by atoms with Crippen molar-refractivity contribution in [2.75, 3.05) is 11.9 Å². The van der Waals surface area contributed by atoms with Crippen LogP contribution in [0.25, 0.3) is 0 Å². The number of nitrogens with one attached hydrogen (secondary N) is 1. The Morgan fingerprint density at radius 3 is 2.59 bits per heavy atom. The lowest BCUT2D eigenvalue weighted by atomic mass is 10.2. The Morgan fingerprint density at radius 1 is 1.41 bits per heavy atom. The molecular formula is C11H14ClF3N2. The van der Waals surface area contributed by atoms with Crippen molar-refractivity contribution in [3.05, 3.63) is 23.9 Å². The van der Waals surface area contributed by atoms with Crippen molar-refractivity contribution in [1.82, 2.24) is 4.98 Å². The third-order valence-electron chi connectivity index (χ3n) is 2.30. The number of nitrogens with zero attached hydrogens (tertiary/aromatic N) is 1. The van der Waals surface area contributed by atoms with Gasteiger partial charge in [0, 0.05) is 18.1 Å². The largest absolute Gasteiger partial charge is 0.417 e. The Balaban J connectivity index is 2.46. The van der Waals surface area contributed by atoms with Crippen LogP contribution in [-0.4, -0.2) is 16.9 Å². The van der Waals surface area contributed by atoms with Gasteiger partial charge in [0.2, 0.25) is 0 Å². The molecule has 0 aromatic carbocycles. The lowest BCUT2D eigenvalue weighted by Crippen LogP contribution is -2.10. The number of anilines is 1. The third kappa shape index (κ3) is 4.81. The standard InChI is InChI=1S/C11H14ClF3N2/c1-2-9(12)5-6-16-10-4-3-8(7-17-10)11(13,14)15/h3-4,7,9H,2,5-6H2,1H3,(H,16,17). The Hall–Kier alpha value is -0.970. The maximum Gasteiger partial charge on any atom is 0.417 e. The first-order chi connectivity index (χ1) is 7.93. The van der Waals surface area contributed by atoms with Crippen LogP contribution in [0.15, 0.2) is 18.3 Å². The first-order valence-corrected chi connectivity index (χ1v) is 5.78. The van der Waals surface area contributed by atoms with E-state index in [1.807, 2.05) is 6.92 Å². The smallest absolute Gasteiger partial charge is 0.370 e. The molecule has 1 N–H and O–H groups in total. The summed E-state index contributed by atoms with van der Waals surface area (Å²) in [5.74, 6) is 0.429. The molecule has 6 heteroatoms. The summed E-state index contributed by atoms with van der Waals surface area (Å²) in [5, 5.41) is 3.01. The number of alkyl halides is 4. The number of pyridine rings is 1. The summed E-state index contributed by atoms with van der Waals surface area (Å²) in [6, 6.07) is 2.32. The Bertz CT molecular complexity index is 338. The topological polar surface area (TPSA) is 24.9 Å². The molecule has 1 heterocycles. The fourth-order valence-electron chi connectivity index (χ4n) is 1.23. The van der Waals surface area contributed by atoms with Crippen LogP contribution in [0.2, 0.25) is 0 Å². The van der Waals surface area contributed by atoms with Gasteiger partial charge >= 0.3 is 6.18 Å². The van der Waals surface area contributed by atoms with Gasteiger partial charge in [0.25, 0.3) is 0 Å². The second-order valence-corrected chi connectivity index (χ2v) is 4.27. The highest BCUT2D eigenvalue weighted by Gasteiger charge is 2.30. The summed E-state index contributed by atoms with van der Waals surface area (Å²) < 4.78 is 36.7. The average Bonchev–Trinajstić information content (AvgIpc) is 2.28. The Labute approximate surface area is 103 Å². The molecule has 2 nitrogen and oxygen atoms in total. The minimum atomic E-state index is -4.34. The van der Waals surface area contributed by atoms with Crippen molar-refractivity contribution in [3.63, 3.8) is 0 Å². The van der Waals surface area contributed by atoms with Crippen LogP contribution in [0, 0.1) is 0 Å². The number of rotatable bonds is 5. The van der Waals surface area contributed by atoms with Gasteiger partial charge in [0.1, 0.15) is 5.82 Å². The van der Waals surface area contributed by atoms with Crippen LogP contribution in [0.4, 0.5) is 19.0 Å². The van der Waals surface area contributed by atoms with E-state index >= 15 is 0 Å². The molecule has 1 aromatic rings. The fraction of sp³-hybridized carbons (Fsp3) is 0.545. The predicted octanol–water partition coefficient (Wildman–Crippen LogP) is 3.92. The summed E-state index contributed by atoms with van der Waals surface area (Å²) in [4.78, 5) is 3.69. The van der Waals surface area contributed by atoms with Crippen molar-refractivity contribution in [1.29, 1.82) is 0 Å². The molecule has 0 bridgehead atoms. The molecule has 17 heavy (non-hydrogen) atoms. The van der Waals surface area contributed by atoms with E-state index in [-0.39, 0.29) is 5.38 Å². The molecule has 0 aliphatic rings. The van der Waals surface area contributed by atoms with Crippen molar-refractivity contribution in [2.45, 2.75) is 31.3 Å². The first kappa shape index (κ1) is 14.1. The highest BCUT2D eigenvalue weighted by atomic mass is 35.5. The van der Waals surface area contributed by atoms with Crippen molar-refractivity contribution >= 4 is 17.4 Å². The van der Waals surface area contributed by atoms with Gasteiger partial charge in [-0.1, -0.05) is 6.92 Å². The zero-order valence-corrected chi connectivity index (χ0v) is 10.1. The average molecular weight is 267 g/mol. The van der Waals surface area contributed by atoms with Crippen LogP contribution >= 0.6 is 11.6 Å². The third-order valence-corrected chi connectivity index (χ3v) is 2.82. The monoisotopic (exact) mass is 266 g/mol. The first-order valence-electron chi connectivity index (χ1n) is 5.34. The lowest BCUT2D eigenvalue weighted by Gasteiger charge is -2.10. The van der Waals surface area contributed by atoms with Crippen molar-refractivity contribution in [2.24, 2.45) is 0 Å². The van der Waals surface area contributed by atoms with Gasteiger partial charge in [-0.25, -0.2) is 4.98 Å². The maximum absolute atomic E-state index is 12.2. The summed E-state index contributed by atoms with van der Waals surface area (Å²) in [7, 11) is 0. The van der Waals surface area contributed by atoms with E-state index in [4.69, 9.17) is 11.6 Å². The van der Waals surface area contributed by atoms with E-state index in [0.29, 0.717) is 12.4 Å². The summed E-state index contributed by atoms with van der Waals surface area (Å²) in [6.07, 6.45) is -1.90. The lowest BCUT2D eigenvalue weighted by molar-refractivity contribution is -0.137. The summed E-state index contributed by atoms with van der Waals surface area (Å²) in [6.45, 7) is 2.58. The molecule has 0 aliphatic carbocycles. The molecule has 0 saturated heterocycles. The maximum atomic E-state index is 12.2. The van der Waals surface area contributed by atoms with Crippen molar-refractivity contribution in [3.8, 4) is 0 Å². The van der Waals surface area contributed by atoms with Crippen LogP contribution in [0.5, 0.6) is 0 Å². The van der Waals surface area contributed by atoms with E-state index in [2.05, 4.69) is 10.3 Å². The van der Waals surface area contributed by atoms with E-state index in [1.165, 1.54) is 6.07 Å². The predicted molar refractivity (Wildman–Crippen MR) is 62.3 cm³/mol. The van der Waals surface area contributed by atoms with Crippen LogP contribution < -0.4 is 5.32 Å². The molecule has 0 aliphatic heterocycles. The molecule has 1 atom stereocenters. The summed E-state index contributed by atoms with van der Waals surface area (Å²) in [5.41, 5.74) is -0.744. The minimum Gasteiger partial charge on any atom is -0.370 e. The van der Waals surface area contributed by atoms with Crippen LogP contribution in [0.1, 0.15) is 25.3 Å². The normalized spacial score (nSPS) is 13.5. The van der Waals surface area contributed by atoms with Gasteiger partial charge < -0.3 is 5.32 Å². The highest BCUT2D eigenvalue weighted by Crippen LogP contribution is 2.28. The number of aromatic nitrogens is 1. The van der Waals surface area contributed by atoms with Gasteiger partial charge in [-0.2, -0.15) is 13.2 Å². The van der Waals surface area contributed by atoms with Crippen LogP contribution in [-0.2, 0) is 6.18 Å². The zero-order chi connectivity index (χ0) is 12.9. The molecule has 0 amide bonds. The molecule has 1 unspecified atom stereocenters.